The summed E-state index contributed by atoms with van der Waals surface area (Å²) in [6.07, 6.45) is -1.89. The lowest BCUT2D eigenvalue weighted by atomic mass is 10.1. The van der Waals surface area contributed by atoms with Crippen LogP contribution in [0.1, 0.15) is 41.2 Å². The van der Waals surface area contributed by atoms with Crippen LogP contribution in [-0.4, -0.2) is 19.8 Å². The Morgan fingerprint density at radius 3 is 2.65 bits per heavy atom. The second-order valence-corrected chi connectivity index (χ2v) is 8.07. The van der Waals surface area contributed by atoms with E-state index in [-0.39, 0.29) is 33.1 Å². The van der Waals surface area contributed by atoms with Crippen molar-refractivity contribution in [2.24, 2.45) is 0 Å². The predicted molar refractivity (Wildman–Crippen MR) is 89.0 cm³/mol. The van der Waals surface area contributed by atoms with Crippen molar-refractivity contribution in [3.05, 3.63) is 52.6 Å². The maximum absolute atomic E-state index is 13.0. The van der Waals surface area contributed by atoms with E-state index in [2.05, 4.69) is 0 Å². The van der Waals surface area contributed by atoms with Gasteiger partial charge in [-0.15, -0.1) is 0 Å². The van der Waals surface area contributed by atoms with Crippen LogP contribution >= 0.6 is 0 Å². The number of rotatable bonds is 4. The first kappa shape index (κ1) is 18.3. The van der Waals surface area contributed by atoms with Crippen molar-refractivity contribution in [2.45, 2.75) is 30.3 Å². The molecule has 2 aromatic rings. The molecule has 1 aliphatic carbocycles. The van der Waals surface area contributed by atoms with Crippen LogP contribution in [0.3, 0.4) is 0 Å². The SMILES string of the molecule is CS(=O)(=O)c1ccc(Oc2cc(C#N)cc(C(F)F)c2)c2c1C(O)CC2. The zero-order valence-corrected chi connectivity index (χ0v) is 14.6. The highest BCUT2D eigenvalue weighted by molar-refractivity contribution is 7.90. The normalized spacial score (nSPS) is 16.4. The first-order valence-electron chi connectivity index (χ1n) is 7.75. The van der Waals surface area contributed by atoms with E-state index >= 15 is 0 Å². The van der Waals surface area contributed by atoms with E-state index in [0.717, 1.165) is 18.4 Å². The molecule has 1 atom stereocenters. The minimum Gasteiger partial charge on any atom is -0.457 e. The fraction of sp³-hybridized carbons (Fsp3) is 0.278. The molecule has 0 aromatic heterocycles. The summed E-state index contributed by atoms with van der Waals surface area (Å²) in [4.78, 5) is 0.0314. The van der Waals surface area contributed by atoms with Crippen molar-refractivity contribution in [2.75, 3.05) is 6.26 Å². The van der Waals surface area contributed by atoms with Crippen molar-refractivity contribution >= 4 is 9.84 Å². The maximum atomic E-state index is 13.0. The standard InChI is InChI=1S/C18H15F2NO4S/c1-26(23,24)16-5-4-15(13-2-3-14(22)17(13)16)25-12-7-10(9-21)6-11(8-12)18(19)20/h4-8,14,18,22H,2-3H2,1H3. The van der Waals surface area contributed by atoms with Crippen LogP contribution in [0.25, 0.3) is 0 Å². The number of halogens is 2. The number of alkyl halides is 2. The van der Waals surface area contributed by atoms with Gasteiger partial charge in [0.1, 0.15) is 11.5 Å². The molecule has 136 valence electrons. The van der Waals surface area contributed by atoms with Gasteiger partial charge in [-0.3, -0.25) is 0 Å². The molecule has 1 aliphatic rings. The van der Waals surface area contributed by atoms with Gasteiger partial charge < -0.3 is 9.84 Å². The summed E-state index contributed by atoms with van der Waals surface area (Å²) in [5, 5.41) is 19.2. The molecule has 5 nitrogen and oxygen atoms in total. The Labute approximate surface area is 149 Å². The van der Waals surface area contributed by atoms with Gasteiger partial charge in [0, 0.05) is 22.9 Å². The Kier molecular flexibility index (Phi) is 4.69. The molecular formula is C18H15F2NO4S. The third-order valence-corrected chi connectivity index (χ3v) is 5.37. The molecule has 1 N–H and O–H groups in total. The number of benzene rings is 2. The van der Waals surface area contributed by atoms with E-state index in [1.165, 1.54) is 18.2 Å². The van der Waals surface area contributed by atoms with Crippen molar-refractivity contribution in [1.82, 2.24) is 0 Å². The summed E-state index contributed by atoms with van der Waals surface area (Å²) in [5.74, 6) is 0.328. The van der Waals surface area contributed by atoms with E-state index in [4.69, 9.17) is 10.00 Å². The molecule has 0 saturated heterocycles. The molecule has 0 saturated carbocycles. The van der Waals surface area contributed by atoms with Crippen LogP contribution < -0.4 is 4.74 Å². The van der Waals surface area contributed by atoms with E-state index in [0.29, 0.717) is 18.4 Å². The molecule has 0 aliphatic heterocycles. The number of sulfone groups is 1. The molecule has 0 amide bonds. The fourth-order valence-electron chi connectivity index (χ4n) is 3.09. The molecule has 0 heterocycles. The summed E-state index contributed by atoms with van der Waals surface area (Å²) in [6, 6.07) is 8.12. The lowest BCUT2D eigenvalue weighted by Gasteiger charge is -2.15. The fourth-order valence-corrected chi connectivity index (χ4v) is 4.06. The van der Waals surface area contributed by atoms with E-state index < -0.39 is 22.4 Å². The van der Waals surface area contributed by atoms with E-state index in [1.807, 2.05) is 0 Å². The number of aliphatic hydroxyl groups excluding tert-OH is 1. The average Bonchev–Trinajstić information content (AvgIpc) is 2.96. The third-order valence-electron chi connectivity index (χ3n) is 4.21. The summed E-state index contributed by atoms with van der Waals surface area (Å²) >= 11 is 0. The van der Waals surface area contributed by atoms with Gasteiger partial charge in [-0.2, -0.15) is 5.26 Å². The quantitative estimate of drug-likeness (QED) is 0.876. The first-order chi connectivity index (χ1) is 12.2. The monoisotopic (exact) mass is 379 g/mol. The third kappa shape index (κ3) is 3.41. The highest BCUT2D eigenvalue weighted by Gasteiger charge is 2.30. The molecule has 0 bridgehead atoms. The largest absolute Gasteiger partial charge is 0.457 e. The smallest absolute Gasteiger partial charge is 0.264 e. The predicted octanol–water partition coefficient (Wildman–Crippen LogP) is 3.67. The average molecular weight is 379 g/mol. The zero-order chi connectivity index (χ0) is 19.1. The summed E-state index contributed by atoms with van der Waals surface area (Å²) in [7, 11) is -3.54. The van der Waals surface area contributed by atoms with E-state index in [1.54, 1.807) is 6.07 Å². The first-order valence-corrected chi connectivity index (χ1v) is 9.65. The van der Waals surface area contributed by atoms with Crippen molar-refractivity contribution in [1.29, 1.82) is 5.26 Å². The van der Waals surface area contributed by atoms with Crippen LogP contribution in [0.15, 0.2) is 35.2 Å². The van der Waals surface area contributed by atoms with Gasteiger partial charge in [-0.05, 0) is 43.2 Å². The van der Waals surface area contributed by atoms with Gasteiger partial charge in [0.25, 0.3) is 6.43 Å². The number of aliphatic hydroxyl groups is 1. The number of fused-ring (bicyclic) bond motifs is 1. The lowest BCUT2D eigenvalue weighted by molar-refractivity contribution is 0.151. The van der Waals surface area contributed by atoms with Gasteiger partial charge in [-0.25, -0.2) is 17.2 Å². The molecular weight excluding hydrogens is 364 g/mol. The topological polar surface area (TPSA) is 87.4 Å². The second-order valence-electron chi connectivity index (χ2n) is 6.09. The van der Waals surface area contributed by atoms with Gasteiger partial charge in [0.05, 0.1) is 22.6 Å². The van der Waals surface area contributed by atoms with Crippen LogP contribution in [0.2, 0.25) is 0 Å². The Bertz CT molecular complexity index is 1010. The second kappa shape index (κ2) is 6.67. The minimum atomic E-state index is -3.54. The van der Waals surface area contributed by atoms with Gasteiger partial charge in [0.15, 0.2) is 9.84 Å². The van der Waals surface area contributed by atoms with Crippen LogP contribution in [0.5, 0.6) is 11.5 Å². The number of hydrogen-bond donors (Lipinski definition) is 1. The van der Waals surface area contributed by atoms with Crippen molar-refractivity contribution in [3.63, 3.8) is 0 Å². The summed E-state index contributed by atoms with van der Waals surface area (Å²) in [5.41, 5.74) is 0.502. The lowest BCUT2D eigenvalue weighted by Crippen LogP contribution is -2.05. The van der Waals surface area contributed by atoms with Crippen LogP contribution in [0, 0.1) is 11.3 Å². The molecule has 3 rings (SSSR count). The van der Waals surface area contributed by atoms with Gasteiger partial charge in [-0.1, -0.05) is 0 Å². The summed E-state index contributed by atoms with van der Waals surface area (Å²) < 4.78 is 55.5. The van der Waals surface area contributed by atoms with Crippen LogP contribution in [0.4, 0.5) is 8.78 Å². The maximum Gasteiger partial charge on any atom is 0.264 e. The molecule has 2 aromatic carbocycles. The zero-order valence-electron chi connectivity index (χ0n) is 13.7. The highest BCUT2D eigenvalue weighted by atomic mass is 32.2. The van der Waals surface area contributed by atoms with Crippen molar-refractivity contribution < 1.29 is 27.0 Å². The molecule has 0 radical (unpaired) electrons. The Morgan fingerprint density at radius 1 is 1.31 bits per heavy atom. The van der Waals surface area contributed by atoms with Gasteiger partial charge >= 0.3 is 0 Å². The number of hydrogen-bond acceptors (Lipinski definition) is 5. The van der Waals surface area contributed by atoms with Gasteiger partial charge in [0.2, 0.25) is 0 Å². The molecule has 0 fully saturated rings. The molecule has 1 unspecified atom stereocenters. The van der Waals surface area contributed by atoms with Crippen LogP contribution in [-0.2, 0) is 16.3 Å². The Balaban J connectivity index is 2.08. The summed E-state index contributed by atoms with van der Waals surface area (Å²) in [6.45, 7) is 0. The van der Waals surface area contributed by atoms with E-state index in [9.17, 15) is 22.3 Å². The molecule has 26 heavy (non-hydrogen) atoms. The Hall–Kier alpha value is -2.50. The highest BCUT2D eigenvalue weighted by Crippen LogP contribution is 2.42. The number of ether oxygens (including phenoxy) is 1. The Morgan fingerprint density at radius 2 is 2.04 bits per heavy atom. The van der Waals surface area contributed by atoms with Crippen molar-refractivity contribution in [3.8, 4) is 17.6 Å². The number of nitrogens with zero attached hydrogens (tertiary/aromatic N) is 1. The molecule has 0 spiro atoms. The minimum absolute atomic E-state index is 0.0298. The molecule has 8 heteroatoms. The number of nitriles is 1.